The van der Waals surface area contributed by atoms with Crippen LogP contribution in [0.4, 0.5) is 10.5 Å². The molecule has 0 saturated carbocycles. The van der Waals surface area contributed by atoms with Crippen LogP contribution in [0, 0.1) is 6.92 Å². The molecule has 4 nitrogen and oxygen atoms in total. The molecule has 0 atom stereocenters. The van der Waals surface area contributed by atoms with E-state index in [-0.39, 0.29) is 6.09 Å². The number of carbonyl (C=O) groups is 1. The normalized spacial score (nSPS) is 16.5. The maximum atomic E-state index is 12.1. The number of benzene rings is 1. The van der Waals surface area contributed by atoms with Gasteiger partial charge >= 0.3 is 6.09 Å². The molecule has 0 aromatic heterocycles. The summed E-state index contributed by atoms with van der Waals surface area (Å²) in [5, 5.41) is 3.57. The van der Waals surface area contributed by atoms with Crippen molar-refractivity contribution in [2.45, 2.75) is 52.2 Å². The Bertz CT molecular complexity index is 532. The summed E-state index contributed by atoms with van der Waals surface area (Å²) in [5.74, 6) is 0. The van der Waals surface area contributed by atoms with Crippen molar-refractivity contribution < 1.29 is 9.53 Å². The monoisotopic (exact) mass is 368 g/mol. The van der Waals surface area contributed by atoms with Crippen LogP contribution in [0.25, 0.3) is 0 Å². The number of carbonyl (C=O) groups excluding carboxylic acids is 1. The first kappa shape index (κ1) is 17.1. The molecule has 0 unspecified atom stereocenters. The lowest BCUT2D eigenvalue weighted by atomic mass is 10.0. The molecule has 1 heterocycles. The second kappa shape index (κ2) is 6.90. The summed E-state index contributed by atoms with van der Waals surface area (Å²) in [6.45, 7) is 9.24. The summed E-state index contributed by atoms with van der Waals surface area (Å²) in [7, 11) is 0. The predicted octanol–water partition coefficient (Wildman–Crippen LogP) is 4.57. The third kappa shape index (κ3) is 4.90. The minimum Gasteiger partial charge on any atom is -0.444 e. The Balaban J connectivity index is 1.87. The molecule has 1 aliphatic rings. The lowest BCUT2D eigenvalue weighted by Gasteiger charge is -2.34. The van der Waals surface area contributed by atoms with E-state index in [0.717, 1.165) is 36.1 Å². The first-order valence-corrected chi connectivity index (χ1v) is 8.54. The summed E-state index contributed by atoms with van der Waals surface area (Å²) in [5.41, 5.74) is 1.92. The van der Waals surface area contributed by atoms with E-state index in [1.165, 1.54) is 5.56 Å². The summed E-state index contributed by atoms with van der Waals surface area (Å²) in [6.07, 6.45) is 1.65. The minimum absolute atomic E-state index is 0.206. The largest absolute Gasteiger partial charge is 0.444 e. The molecular formula is C17H25BrN2O2. The van der Waals surface area contributed by atoms with E-state index in [1.54, 1.807) is 4.90 Å². The van der Waals surface area contributed by atoms with Gasteiger partial charge in [0, 0.05) is 29.3 Å². The van der Waals surface area contributed by atoms with Gasteiger partial charge in [0.15, 0.2) is 0 Å². The van der Waals surface area contributed by atoms with E-state index in [0.29, 0.717) is 6.04 Å². The van der Waals surface area contributed by atoms with Gasteiger partial charge in [-0.1, -0.05) is 6.07 Å². The van der Waals surface area contributed by atoms with Crippen molar-refractivity contribution in [3.8, 4) is 0 Å². The average molecular weight is 369 g/mol. The molecule has 122 valence electrons. The number of rotatable bonds is 2. The van der Waals surface area contributed by atoms with Crippen LogP contribution in [0.5, 0.6) is 0 Å². The minimum atomic E-state index is -0.432. The van der Waals surface area contributed by atoms with Gasteiger partial charge < -0.3 is 15.0 Å². The van der Waals surface area contributed by atoms with Crippen LogP contribution in [0.2, 0.25) is 0 Å². The van der Waals surface area contributed by atoms with E-state index in [9.17, 15) is 4.79 Å². The van der Waals surface area contributed by atoms with E-state index in [1.807, 2.05) is 20.8 Å². The molecular weight excluding hydrogens is 344 g/mol. The highest BCUT2D eigenvalue weighted by Gasteiger charge is 2.26. The maximum absolute atomic E-state index is 12.1. The SMILES string of the molecule is Cc1ccc(Br)c(NC2CCN(C(=O)OC(C)(C)C)CC2)c1. The lowest BCUT2D eigenvalue weighted by molar-refractivity contribution is 0.0210. The molecule has 22 heavy (non-hydrogen) atoms. The molecule has 1 fully saturated rings. The Morgan fingerprint density at radius 2 is 1.95 bits per heavy atom. The van der Waals surface area contributed by atoms with Crippen LogP contribution in [0.3, 0.4) is 0 Å². The molecule has 2 rings (SSSR count). The van der Waals surface area contributed by atoms with E-state index in [2.05, 4.69) is 46.4 Å². The Kier molecular flexibility index (Phi) is 5.37. The number of amides is 1. The van der Waals surface area contributed by atoms with Crippen LogP contribution in [-0.2, 0) is 4.74 Å². The molecule has 1 aromatic rings. The first-order chi connectivity index (χ1) is 10.2. The summed E-state index contributed by atoms with van der Waals surface area (Å²) in [6, 6.07) is 6.68. The van der Waals surface area contributed by atoms with Gasteiger partial charge in [-0.2, -0.15) is 0 Å². The van der Waals surface area contributed by atoms with Gasteiger partial charge in [-0.05, 0) is 74.2 Å². The second-order valence-corrected chi connectivity index (χ2v) is 7.72. The number of anilines is 1. The standard InChI is InChI=1S/C17H25BrN2O2/c1-12-5-6-14(18)15(11-12)19-13-7-9-20(10-8-13)16(21)22-17(2,3)4/h5-6,11,13,19H,7-10H2,1-4H3. The molecule has 1 saturated heterocycles. The zero-order chi connectivity index (χ0) is 16.3. The van der Waals surface area contributed by atoms with Crippen LogP contribution < -0.4 is 5.32 Å². The summed E-state index contributed by atoms with van der Waals surface area (Å²) < 4.78 is 6.50. The van der Waals surface area contributed by atoms with Crippen LogP contribution in [-0.4, -0.2) is 35.7 Å². The molecule has 1 N–H and O–H groups in total. The molecule has 0 aliphatic carbocycles. The summed E-state index contributed by atoms with van der Waals surface area (Å²) >= 11 is 3.58. The van der Waals surface area contributed by atoms with Gasteiger partial charge in [0.25, 0.3) is 0 Å². The first-order valence-electron chi connectivity index (χ1n) is 7.75. The molecule has 0 spiro atoms. The van der Waals surface area contributed by atoms with Crippen molar-refractivity contribution in [2.75, 3.05) is 18.4 Å². The fourth-order valence-electron chi connectivity index (χ4n) is 2.50. The van der Waals surface area contributed by atoms with Crippen molar-refractivity contribution in [1.82, 2.24) is 4.90 Å². The quantitative estimate of drug-likeness (QED) is 0.830. The van der Waals surface area contributed by atoms with E-state index in [4.69, 9.17) is 4.74 Å². The molecule has 5 heteroatoms. The van der Waals surface area contributed by atoms with Crippen LogP contribution in [0.15, 0.2) is 22.7 Å². The number of likely N-dealkylation sites (tertiary alicyclic amines) is 1. The fourth-order valence-corrected chi connectivity index (χ4v) is 2.86. The average Bonchev–Trinajstić information content (AvgIpc) is 2.42. The second-order valence-electron chi connectivity index (χ2n) is 6.87. The zero-order valence-electron chi connectivity index (χ0n) is 13.8. The van der Waals surface area contributed by atoms with Crippen molar-refractivity contribution >= 4 is 27.7 Å². The Morgan fingerprint density at radius 3 is 2.55 bits per heavy atom. The van der Waals surface area contributed by atoms with Gasteiger partial charge in [-0.25, -0.2) is 4.79 Å². The van der Waals surface area contributed by atoms with Gasteiger partial charge in [0.1, 0.15) is 5.60 Å². The highest BCUT2D eigenvalue weighted by atomic mass is 79.9. The zero-order valence-corrected chi connectivity index (χ0v) is 15.4. The third-order valence-corrected chi connectivity index (χ3v) is 4.32. The van der Waals surface area contributed by atoms with Gasteiger partial charge in [-0.3, -0.25) is 0 Å². The van der Waals surface area contributed by atoms with Crippen LogP contribution in [0.1, 0.15) is 39.2 Å². The number of nitrogens with zero attached hydrogens (tertiary/aromatic N) is 1. The Hall–Kier alpha value is -1.23. The lowest BCUT2D eigenvalue weighted by Crippen LogP contribution is -2.44. The number of nitrogens with one attached hydrogen (secondary N) is 1. The predicted molar refractivity (Wildman–Crippen MR) is 93.3 cm³/mol. The Morgan fingerprint density at radius 1 is 1.32 bits per heavy atom. The molecule has 1 aliphatic heterocycles. The number of aryl methyl sites for hydroxylation is 1. The van der Waals surface area contributed by atoms with E-state index < -0.39 is 5.60 Å². The Labute approximate surface area is 141 Å². The number of halogens is 1. The molecule has 0 bridgehead atoms. The highest BCUT2D eigenvalue weighted by molar-refractivity contribution is 9.10. The number of ether oxygens (including phenoxy) is 1. The highest BCUT2D eigenvalue weighted by Crippen LogP contribution is 2.26. The number of hydrogen-bond acceptors (Lipinski definition) is 3. The van der Waals surface area contributed by atoms with Crippen molar-refractivity contribution in [1.29, 1.82) is 0 Å². The van der Waals surface area contributed by atoms with Crippen molar-refractivity contribution in [3.05, 3.63) is 28.2 Å². The third-order valence-electron chi connectivity index (χ3n) is 3.63. The van der Waals surface area contributed by atoms with Crippen molar-refractivity contribution in [2.24, 2.45) is 0 Å². The smallest absolute Gasteiger partial charge is 0.410 e. The van der Waals surface area contributed by atoms with Gasteiger partial charge in [0.2, 0.25) is 0 Å². The van der Waals surface area contributed by atoms with E-state index >= 15 is 0 Å². The fraction of sp³-hybridized carbons (Fsp3) is 0.588. The topological polar surface area (TPSA) is 41.6 Å². The van der Waals surface area contributed by atoms with Gasteiger partial charge in [0.05, 0.1) is 0 Å². The summed E-state index contributed by atoms with van der Waals surface area (Å²) in [4.78, 5) is 13.9. The van der Waals surface area contributed by atoms with Gasteiger partial charge in [-0.15, -0.1) is 0 Å². The number of hydrogen-bond donors (Lipinski definition) is 1. The molecule has 1 aromatic carbocycles. The van der Waals surface area contributed by atoms with Crippen LogP contribution >= 0.6 is 15.9 Å². The molecule has 0 radical (unpaired) electrons. The van der Waals surface area contributed by atoms with Crippen molar-refractivity contribution in [3.63, 3.8) is 0 Å². The molecule has 1 amide bonds. The number of piperidine rings is 1. The maximum Gasteiger partial charge on any atom is 0.410 e.